The molecular weight excluding hydrogens is 587 g/mol. The molecule has 11 heteroatoms. The molecule has 1 fully saturated rings. The molecule has 0 unspecified atom stereocenters. The predicted molar refractivity (Wildman–Crippen MR) is 167 cm³/mol. The Morgan fingerprint density at radius 3 is 2.32 bits per heavy atom. The van der Waals surface area contributed by atoms with Gasteiger partial charge in [-0.2, -0.15) is 13.2 Å². The van der Waals surface area contributed by atoms with E-state index in [0.29, 0.717) is 73.0 Å². The molecule has 1 amide bonds. The van der Waals surface area contributed by atoms with Crippen LogP contribution >= 0.6 is 11.3 Å². The van der Waals surface area contributed by atoms with Gasteiger partial charge in [-0.15, -0.1) is 11.3 Å². The van der Waals surface area contributed by atoms with Gasteiger partial charge in [0.05, 0.1) is 22.5 Å². The summed E-state index contributed by atoms with van der Waals surface area (Å²) in [5, 5.41) is 5.37. The summed E-state index contributed by atoms with van der Waals surface area (Å²) in [7, 11) is 0. The maximum Gasteiger partial charge on any atom is 0.433 e. The van der Waals surface area contributed by atoms with Gasteiger partial charge in [-0.3, -0.25) is 19.1 Å². The summed E-state index contributed by atoms with van der Waals surface area (Å²) in [6.07, 6.45) is -1.50. The monoisotopic (exact) mass is 623 g/mol. The smallest absolute Gasteiger partial charge is 0.336 e. The fraction of sp³-hybridized carbons (Fsp3) is 0.394. The number of rotatable bonds is 8. The molecule has 4 heterocycles. The molecule has 0 aliphatic carbocycles. The Morgan fingerprint density at radius 2 is 1.75 bits per heavy atom. The first-order valence-corrected chi connectivity index (χ1v) is 15.8. The van der Waals surface area contributed by atoms with E-state index in [4.69, 9.17) is 0 Å². The van der Waals surface area contributed by atoms with Crippen molar-refractivity contribution in [2.45, 2.75) is 53.1 Å². The molecule has 1 aromatic carbocycles. The minimum atomic E-state index is -4.55. The van der Waals surface area contributed by atoms with Crippen molar-refractivity contribution in [3.05, 3.63) is 86.4 Å². The number of amides is 1. The third kappa shape index (κ3) is 6.34. The van der Waals surface area contributed by atoms with E-state index < -0.39 is 11.9 Å². The largest absolute Gasteiger partial charge is 0.433 e. The molecule has 0 radical (unpaired) electrons. The number of aromatic nitrogens is 3. The number of hydrogen-bond donors (Lipinski definition) is 1. The summed E-state index contributed by atoms with van der Waals surface area (Å²) < 4.78 is 41.0. The van der Waals surface area contributed by atoms with Crippen LogP contribution in [0.4, 0.5) is 13.2 Å². The molecule has 1 N–H and O–H groups in total. The van der Waals surface area contributed by atoms with Crippen molar-refractivity contribution in [2.75, 3.05) is 26.2 Å². The van der Waals surface area contributed by atoms with Crippen LogP contribution in [0.2, 0.25) is 0 Å². The normalized spacial score (nSPS) is 14.0. The molecule has 1 saturated heterocycles. The number of aryl methyl sites for hydroxylation is 2. The van der Waals surface area contributed by atoms with Gasteiger partial charge >= 0.3 is 6.18 Å². The molecular formula is C33H36F3N5O2S. The molecule has 7 nitrogen and oxygen atoms in total. The van der Waals surface area contributed by atoms with Crippen molar-refractivity contribution in [2.24, 2.45) is 5.92 Å². The minimum absolute atomic E-state index is 0.132. The Balaban J connectivity index is 1.75. The summed E-state index contributed by atoms with van der Waals surface area (Å²) in [6.45, 7) is 10.7. The second-order valence-electron chi connectivity index (χ2n) is 11.3. The third-order valence-electron chi connectivity index (χ3n) is 7.81. The van der Waals surface area contributed by atoms with Crippen molar-refractivity contribution < 1.29 is 18.0 Å². The van der Waals surface area contributed by atoms with Gasteiger partial charge in [0.1, 0.15) is 10.7 Å². The van der Waals surface area contributed by atoms with E-state index >= 15 is 0 Å². The highest BCUT2D eigenvalue weighted by Gasteiger charge is 2.32. The zero-order chi connectivity index (χ0) is 31.6. The van der Waals surface area contributed by atoms with Gasteiger partial charge in [-0.25, -0.2) is 4.98 Å². The zero-order valence-electron chi connectivity index (χ0n) is 25.3. The van der Waals surface area contributed by atoms with Crippen molar-refractivity contribution in [1.82, 2.24) is 24.8 Å². The van der Waals surface area contributed by atoms with Gasteiger partial charge < -0.3 is 10.2 Å². The average Bonchev–Trinajstić information content (AvgIpc) is 3.51. The van der Waals surface area contributed by atoms with Crippen LogP contribution in [-0.4, -0.2) is 51.5 Å². The summed E-state index contributed by atoms with van der Waals surface area (Å²) in [5.41, 5.74) is 3.78. The van der Waals surface area contributed by atoms with Crippen molar-refractivity contribution >= 4 is 17.2 Å². The Morgan fingerprint density at radius 1 is 1.07 bits per heavy atom. The number of carbonyl (C=O) groups excluding carboxylic acids is 1. The fourth-order valence-electron chi connectivity index (χ4n) is 5.60. The summed E-state index contributed by atoms with van der Waals surface area (Å²) in [5.74, 6) is 0.0338. The van der Waals surface area contributed by atoms with Gasteiger partial charge in [-0.1, -0.05) is 45.9 Å². The number of piperazine rings is 1. The zero-order valence-corrected chi connectivity index (χ0v) is 26.1. The summed E-state index contributed by atoms with van der Waals surface area (Å²) >= 11 is 1.21. The molecule has 4 aromatic rings. The SMILES string of the molecule is CCc1cccc(CC)c1-n1c(CC(C)C)c(C(=O)N2CCNCC2)cc(-c2nc(-c3ccc(C(F)(F)F)nc3)cs2)c1=O. The van der Waals surface area contributed by atoms with Gasteiger partial charge in [0.25, 0.3) is 11.5 Å². The molecule has 3 aromatic heterocycles. The Bertz CT molecular complexity index is 1680. The van der Waals surface area contributed by atoms with Crippen LogP contribution in [0.3, 0.4) is 0 Å². The van der Waals surface area contributed by atoms with E-state index in [1.807, 2.05) is 36.9 Å². The van der Waals surface area contributed by atoms with Crippen LogP contribution in [0.15, 0.2) is 52.8 Å². The van der Waals surface area contributed by atoms with Crippen molar-refractivity contribution in [3.63, 3.8) is 0 Å². The van der Waals surface area contributed by atoms with Gasteiger partial charge in [0, 0.05) is 49.0 Å². The van der Waals surface area contributed by atoms with Crippen LogP contribution in [0, 0.1) is 5.92 Å². The fourth-order valence-corrected chi connectivity index (χ4v) is 6.44. The molecule has 44 heavy (non-hydrogen) atoms. The van der Waals surface area contributed by atoms with E-state index in [9.17, 15) is 22.8 Å². The van der Waals surface area contributed by atoms with E-state index in [0.717, 1.165) is 29.1 Å². The highest BCUT2D eigenvalue weighted by Crippen LogP contribution is 2.33. The number of thiazole rings is 1. The second kappa shape index (κ2) is 13.0. The number of hydrogen-bond acceptors (Lipinski definition) is 6. The van der Waals surface area contributed by atoms with Crippen molar-refractivity contribution in [1.29, 1.82) is 0 Å². The first-order chi connectivity index (χ1) is 21.0. The van der Waals surface area contributed by atoms with Gasteiger partial charge in [0.2, 0.25) is 0 Å². The van der Waals surface area contributed by atoms with Crippen LogP contribution in [0.5, 0.6) is 0 Å². The lowest BCUT2D eigenvalue weighted by molar-refractivity contribution is -0.141. The van der Waals surface area contributed by atoms with Crippen LogP contribution in [0.1, 0.15) is 60.6 Å². The molecule has 5 rings (SSSR count). The van der Waals surface area contributed by atoms with E-state index in [2.05, 4.69) is 29.1 Å². The van der Waals surface area contributed by atoms with E-state index in [-0.39, 0.29) is 22.9 Å². The number of para-hydroxylation sites is 1. The molecule has 0 spiro atoms. The lowest BCUT2D eigenvalue weighted by atomic mass is 9.97. The number of alkyl halides is 3. The molecule has 1 aliphatic rings. The molecule has 0 bridgehead atoms. The number of carbonyl (C=O) groups is 1. The standard InChI is InChI=1S/C33H36F3N5O2S/c1-5-21-8-7-9-22(6-2)29(21)41-27(16-20(3)4)24(31(42)40-14-12-37-13-15-40)17-25(32(41)43)30-39-26(19-44-30)23-10-11-28(38-18-23)33(34,35)36/h7-11,17-20,37H,5-6,12-16H2,1-4H3. The van der Waals surface area contributed by atoms with E-state index in [1.54, 1.807) is 16.0 Å². The lowest BCUT2D eigenvalue weighted by Crippen LogP contribution is -2.47. The second-order valence-corrected chi connectivity index (χ2v) is 12.2. The quantitative estimate of drug-likeness (QED) is 0.245. The number of halogens is 3. The number of pyridine rings is 2. The first-order valence-electron chi connectivity index (χ1n) is 14.9. The summed E-state index contributed by atoms with van der Waals surface area (Å²) in [4.78, 5) is 38.9. The predicted octanol–water partition coefficient (Wildman–Crippen LogP) is 6.41. The van der Waals surface area contributed by atoms with Crippen LogP contribution in [-0.2, 0) is 25.4 Å². The number of nitrogens with one attached hydrogen (secondary N) is 1. The highest BCUT2D eigenvalue weighted by atomic mass is 32.1. The van der Waals surface area contributed by atoms with Gasteiger partial charge in [0.15, 0.2) is 0 Å². The van der Waals surface area contributed by atoms with Crippen LogP contribution < -0.4 is 10.9 Å². The Kier molecular flexibility index (Phi) is 9.36. The third-order valence-corrected chi connectivity index (χ3v) is 8.69. The highest BCUT2D eigenvalue weighted by molar-refractivity contribution is 7.13. The Hall–Kier alpha value is -3.83. The topological polar surface area (TPSA) is 80.1 Å². The maximum atomic E-state index is 14.6. The van der Waals surface area contributed by atoms with E-state index in [1.165, 1.54) is 17.4 Å². The molecule has 0 atom stereocenters. The first kappa shape index (κ1) is 31.6. The number of nitrogens with zero attached hydrogens (tertiary/aromatic N) is 4. The van der Waals surface area contributed by atoms with Crippen LogP contribution in [0.25, 0.3) is 27.5 Å². The average molecular weight is 624 g/mol. The molecule has 0 saturated carbocycles. The van der Waals surface area contributed by atoms with Crippen molar-refractivity contribution in [3.8, 4) is 27.5 Å². The Labute approximate surface area is 258 Å². The molecule has 232 valence electrons. The lowest BCUT2D eigenvalue weighted by Gasteiger charge is -2.30. The minimum Gasteiger partial charge on any atom is -0.336 e. The maximum absolute atomic E-state index is 14.6. The molecule has 1 aliphatic heterocycles. The van der Waals surface area contributed by atoms with Gasteiger partial charge in [-0.05, 0) is 54.5 Å². The summed E-state index contributed by atoms with van der Waals surface area (Å²) in [6, 6.07) is 9.95. The number of benzene rings is 1.